The Labute approximate surface area is 195 Å². The Morgan fingerprint density at radius 1 is 1.03 bits per heavy atom. The van der Waals surface area contributed by atoms with Crippen LogP contribution in [0.1, 0.15) is 21.7 Å². The molecule has 8 heteroatoms. The molecule has 0 spiro atoms. The Morgan fingerprint density at radius 2 is 1.85 bits per heavy atom. The Bertz CT molecular complexity index is 1260. The molecule has 2 aromatic heterocycles. The van der Waals surface area contributed by atoms with Crippen molar-refractivity contribution < 1.29 is 9.18 Å². The zero-order valence-corrected chi connectivity index (χ0v) is 19.1. The number of rotatable bonds is 5. The van der Waals surface area contributed by atoms with Gasteiger partial charge in [0.15, 0.2) is 5.82 Å². The smallest absolute Gasteiger partial charge is 0.293 e. The van der Waals surface area contributed by atoms with Crippen molar-refractivity contribution in [1.29, 1.82) is 0 Å². The highest BCUT2D eigenvalue weighted by molar-refractivity contribution is 7.13. The van der Waals surface area contributed by atoms with E-state index in [0.717, 1.165) is 24.5 Å². The van der Waals surface area contributed by atoms with Crippen LogP contribution >= 0.6 is 11.3 Å². The summed E-state index contributed by atoms with van der Waals surface area (Å²) in [7, 11) is 0. The van der Waals surface area contributed by atoms with Crippen molar-refractivity contribution in [2.45, 2.75) is 13.5 Å². The molecule has 1 fully saturated rings. The monoisotopic (exact) mass is 461 g/mol. The lowest BCUT2D eigenvalue weighted by Crippen LogP contribution is -2.48. The minimum atomic E-state index is -0.363. The zero-order valence-electron chi connectivity index (χ0n) is 18.3. The molecule has 0 N–H and O–H groups in total. The van der Waals surface area contributed by atoms with Gasteiger partial charge in [0.2, 0.25) is 5.82 Å². The SMILES string of the molecule is Cc1ccccc1CN1CCN(C(=O)c2nc(-c3cccs3)n(-c3cccc(F)c3)n2)CC1. The van der Waals surface area contributed by atoms with Gasteiger partial charge in [-0.3, -0.25) is 9.69 Å². The van der Waals surface area contributed by atoms with Crippen LogP contribution in [0.2, 0.25) is 0 Å². The van der Waals surface area contributed by atoms with Crippen LogP contribution in [-0.2, 0) is 6.54 Å². The summed E-state index contributed by atoms with van der Waals surface area (Å²) in [5.41, 5.74) is 3.13. The number of thiophene rings is 1. The third-order valence-electron chi connectivity index (χ3n) is 5.91. The van der Waals surface area contributed by atoms with Crippen LogP contribution in [0, 0.1) is 12.7 Å². The number of amides is 1. The average molecular weight is 462 g/mol. The van der Waals surface area contributed by atoms with Gasteiger partial charge in [0.05, 0.1) is 10.6 Å². The summed E-state index contributed by atoms with van der Waals surface area (Å²) >= 11 is 1.50. The minimum absolute atomic E-state index is 0.134. The van der Waals surface area contributed by atoms with Gasteiger partial charge in [-0.2, -0.15) is 0 Å². The molecule has 168 valence electrons. The first-order valence-electron chi connectivity index (χ1n) is 10.9. The quantitative estimate of drug-likeness (QED) is 0.442. The highest BCUT2D eigenvalue weighted by Gasteiger charge is 2.27. The average Bonchev–Trinajstić information content (AvgIpc) is 3.51. The molecular weight excluding hydrogens is 437 g/mol. The van der Waals surface area contributed by atoms with Gasteiger partial charge in [-0.15, -0.1) is 16.4 Å². The molecule has 0 bridgehead atoms. The topological polar surface area (TPSA) is 54.3 Å². The molecule has 0 unspecified atom stereocenters. The number of piperazine rings is 1. The van der Waals surface area contributed by atoms with Gasteiger partial charge in [-0.1, -0.05) is 36.4 Å². The minimum Gasteiger partial charge on any atom is -0.333 e. The molecule has 0 atom stereocenters. The van der Waals surface area contributed by atoms with Crippen LogP contribution in [0.25, 0.3) is 16.4 Å². The van der Waals surface area contributed by atoms with Crippen LogP contribution in [0.15, 0.2) is 66.0 Å². The van der Waals surface area contributed by atoms with Crippen molar-refractivity contribution in [2.75, 3.05) is 26.2 Å². The summed E-state index contributed by atoms with van der Waals surface area (Å²) in [4.78, 5) is 22.9. The molecule has 1 aliphatic heterocycles. The third kappa shape index (κ3) is 4.58. The number of aryl methyl sites for hydroxylation is 1. The summed E-state index contributed by atoms with van der Waals surface area (Å²) in [6, 6.07) is 18.4. The summed E-state index contributed by atoms with van der Waals surface area (Å²) < 4.78 is 15.4. The summed E-state index contributed by atoms with van der Waals surface area (Å²) in [6.07, 6.45) is 0. The molecule has 1 amide bonds. The molecule has 0 radical (unpaired) electrons. The standard InChI is InChI=1S/C25H24FN5OS/c1-18-6-2-3-7-19(18)17-29-11-13-30(14-12-29)25(32)23-27-24(22-10-5-15-33-22)31(28-23)21-9-4-8-20(26)16-21/h2-10,15-16H,11-14,17H2,1H3. The lowest BCUT2D eigenvalue weighted by atomic mass is 10.1. The number of hydrogen-bond donors (Lipinski definition) is 0. The first kappa shape index (κ1) is 21.5. The molecule has 0 aliphatic carbocycles. The Hall–Kier alpha value is -3.36. The van der Waals surface area contributed by atoms with E-state index in [-0.39, 0.29) is 17.5 Å². The van der Waals surface area contributed by atoms with E-state index in [1.54, 1.807) is 21.7 Å². The molecular formula is C25H24FN5OS. The van der Waals surface area contributed by atoms with E-state index in [1.807, 2.05) is 17.5 Å². The Kier molecular flexibility index (Phi) is 6.02. The van der Waals surface area contributed by atoms with Gasteiger partial charge in [0.1, 0.15) is 5.82 Å². The van der Waals surface area contributed by atoms with Crippen molar-refractivity contribution >= 4 is 17.2 Å². The van der Waals surface area contributed by atoms with Gasteiger partial charge in [0.25, 0.3) is 5.91 Å². The van der Waals surface area contributed by atoms with Crippen molar-refractivity contribution in [3.8, 4) is 16.4 Å². The maximum atomic E-state index is 13.9. The summed E-state index contributed by atoms with van der Waals surface area (Å²) in [5.74, 6) is 0.114. The highest BCUT2D eigenvalue weighted by atomic mass is 32.1. The van der Waals surface area contributed by atoms with Crippen molar-refractivity contribution in [1.82, 2.24) is 24.6 Å². The largest absolute Gasteiger partial charge is 0.333 e. The van der Waals surface area contributed by atoms with Crippen LogP contribution < -0.4 is 0 Å². The molecule has 4 aromatic rings. The molecule has 0 saturated carbocycles. The number of halogens is 1. The van der Waals surface area contributed by atoms with Crippen molar-refractivity contribution in [3.05, 3.63) is 88.8 Å². The number of carbonyl (C=O) groups is 1. The summed E-state index contributed by atoms with van der Waals surface area (Å²) in [5, 5.41) is 6.43. The normalized spacial score (nSPS) is 14.5. The second-order valence-electron chi connectivity index (χ2n) is 8.12. The predicted molar refractivity (Wildman–Crippen MR) is 127 cm³/mol. The molecule has 3 heterocycles. The molecule has 33 heavy (non-hydrogen) atoms. The second-order valence-corrected chi connectivity index (χ2v) is 9.07. The van der Waals surface area contributed by atoms with Crippen LogP contribution in [-0.4, -0.2) is 56.7 Å². The van der Waals surface area contributed by atoms with Gasteiger partial charge in [0, 0.05) is 32.7 Å². The van der Waals surface area contributed by atoms with Crippen molar-refractivity contribution in [3.63, 3.8) is 0 Å². The zero-order chi connectivity index (χ0) is 22.8. The third-order valence-corrected chi connectivity index (χ3v) is 6.77. The highest BCUT2D eigenvalue weighted by Crippen LogP contribution is 2.26. The van der Waals surface area contributed by atoms with E-state index in [2.05, 4.69) is 46.2 Å². The lowest BCUT2D eigenvalue weighted by molar-refractivity contribution is 0.0616. The molecule has 6 nitrogen and oxygen atoms in total. The summed E-state index contributed by atoms with van der Waals surface area (Å²) in [6.45, 7) is 5.83. The Morgan fingerprint density at radius 3 is 2.58 bits per heavy atom. The molecule has 1 aliphatic rings. The molecule has 2 aromatic carbocycles. The maximum absolute atomic E-state index is 13.9. The number of aromatic nitrogens is 3. The van der Waals surface area contributed by atoms with E-state index in [1.165, 1.54) is 34.6 Å². The van der Waals surface area contributed by atoms with Gasteiger partial charge < -0.3 is 4.90 Å². The van der Waals surface area contributed by atoms with Crippen LogP contribution in [0.4, 0.5) is 4.39 Å². The van der Waals surface area contributed by atoms with Crippen LogP contribution in [0.5, 0.6) is 0 Å². The fourth-order valence-electron chi connectivity index (χ4n) is 4.03. The maximum Gasteiger partial charge on any atom is 0.293 e. The Balaban J connectivity index is 1.34. The first-order chi connectivity index (χ1) is 16.1. The van der Waals surface area contributed by atoms with E-state index >= 15 is 0 Å². The van der Waals surface area contributed by atoms with Gasteiger partial charge >= 0.3 is 0 Å². The van der Waals surface area contributed by atoms with E-state index in [0.29, 0.717) is 24.6 Å². The van der Waals surface area contributed by atoms with E-state index in [9.17, 15) is 9.18 Å². The van der Waals surface area contributed by atoms with Crippen LogP contribution in [0.3, 0.4) is 0 Å². The fourth-order valence-corrected chi connectivity index (χ4v) is 4.73. The first-order valence-corrected chi connectivity index (χ1v) is 11.8. The van der Waals surface area contributed by atoms with E-state index in [4.69, 9.17) is 0 Å². The number of carbonyl (C=O) groups excluding carboxylic acids is 1. The van der Waals surface area contributed by atoms with Gasteiger partial charge in [-0.05, 0) is 47.7 Å². The molecule has 1 saturated heterocycles. The van der Waals surface area contributed by atoms with Gasteiger partial charge in [-0.25, -0.2) is 14.1 Å². The fraction of sp³-hybridized carbons (Fsp3) is 0.240. The predicted octanol–water partition coefficient (Wildman–Crippen LogP) is 4.40. The number of nitrogens with zero attached hydrogens (tertiary/aromatic N) is 5. The number of benzene rings is 2. The lowest BCUT2D eigenvalue weighted by Gasteiger charge is -2.34. The number of hydrogen-bond acceptors (Lipinski definition) is 5. The van der Waals surface area contributed by atoms with E-state index < -0.39 is 0 Å². The second kappa shape index (κ2) is 9.25. The van der Waals surface area contributed by atoms with Crippen molar-refractivity contribution in [2.24, 2.45) is 0 Å². The molecule has 5 rings (SSSR count).